The molecule has 0 aliphatic carbocycles. The Labute approximate surface area is 125 Å². The number of benzene rings is 2. The van der Waals surface area contributed by atoms with Gasteiger partial charge in [0.25, 0.3) is 5.91 Å². The number of hydrogen-bond acceptors (Lipinski definition) is 2. The number of rotatable bonds is 2. The van der Waals surface area contributed by atoms with E-state index in [0.29, 0.717) is 0 Å². The molecule has 2 aromatic rings. The van der Waals surface area contributed by atoms with Crippen LogP contribution >= 0.6 is 0 Å². The van der Waals surface area contributed by atoms with Crippen molar-refractivity contribution in [1.82, 2.24) is 10.2 Å². The average Bonchev–Trinajstić information content (AvgIpc) is 2.84. The predicted molar refractivity (Wildman–Crippen MR) is 85.3 cm³/mol. The monoisotopic (exact) mass is 280 g/mol. The van der Waals surface area contributed by atoms with Gasteiger partial charge in [0.05, 0.1) is 0 Å². The SMILES string of the molecule is O=C(c1ccc(-c2ccccc2)cc1)N1CCCNCC1. The highest BCUT2D eigenvalue weighted by atomic mass is 16.2. The van der Waals surface area contributed by atoms with Crippen LogP contribution in [0.2, 0.25) is 0 Å². The lowest BCUT2D eigenvalue weighted by molar-refractivity contribution is 0.0766. The van der Waals surface area contributed by atoms with E-state index in [-0.39, 0.29) is 5.91 Å². The summed E-state index contributed by atoms with van der Waals surface area (Å²) < 4.78 is 0. The van der Waals surface area contributed by atoms with Crippen molar-refractivity contribution >= 4 is 5.91 Å². The molecule has 1 saturated heterocycles. The molecule has 0 aromatic heterocycles. The molecular weight excluding hydrogens is 260 g/mol. The van der Waals surface area contributed by atoms with E-state index in [4.69, 9.17) is 0 Å². The quantitative estimate of drug-likeness (QED) is 0.917. The molecule has 1 heterocycles. The smallest absolute Gasteiger partial charge is 0.253 e. The van der Waals surface area contributed by atoms with Gasteiger partial charge in [-0.3, -0.25) is 4.79 Å². The molecule has 1 fully saturated rings. The Bertz CT molecular complexity index is 584. The fourth-order valence-corrected chi connectivity index (χ4v) is 2.67. The second kappa shape index (κ2) is 6.55. The zero-order chi connectivity index (χ0) is 14.5. The first-order chi connectivity index (χ1) is 10.3. The zero-order valence-corrected chi connectivity index (χ0v) is 12.1. The number of carbonyl (C=O) groups excluding carboxylic acids is 1. The van der Waals surface area contributed by atoms with Crippen molar-refractivity contribution in [2.24, 2.45) is 0 Å². The van der Waals surface area contributed by atoms with Gasteiger partial charge in [0.15, 0.2) is 0 Å². The van der Waals surface area contributed by atoms with E-state index in [0.717, 1.165) is 43.7 Å². The van der Waals surface area contributed by atoms with Crippen molar-refractivity contribution in [2.75, 3.05) is 26.2 Å². The first kappa shape index (κ1) is 13.8. The van der Waals surface area contributed by atoms with Crippen molar-refractivity contribution in [1.29, 1.82) is 0 Å². The van der Waals surface area contributed by atoms with Crippen LogP contribution in [-0.4, -0.2) is 37.0 Å². The molecule has 0 bridgehead atoms. The van der Waals surface area contributed by atoms with Crippen LogP contribution in [0, 0.1) is 0 Å². The van der Waals surface area contributed by atoms with Gasteiger partial charge in [-0.1, -0.05) is 42.5 Å². The van der Waals surface area contributed by atoms with Crippen LogP contribution in [0.4, 0.5) is 0 Å². The molecule has 1 aliphatic heterocycles. The minimum Gasteiger partial charge on any atom is -0.337 e. The molecule has 2 aromatic carbocycles. The third-order valence-electron chi connectivity index (χ3n) is 3.87. The number of nitrogens with zero attached hydrogens (tertiary/aromatic N) is 1. The molecule has 0 saturated carbocycles. The summed E-state index contributed by atoms with van der Waals surface area (Å²) in [6.07, 6.45) is 1.02. The Morgan fingerprint density at radius 2 is 1.57 bits per heavy atom. The topological polar surface area (TPSA) is 32.3 Å². The van der Waals surface area contributed by atoms with Crippen LogP contribution in [0.15, 0.2) is 54.6 Å². The van der Waals surface area contributed by atoms with E-state index in [1.54, 1.807) is 0 Å². The van der Waals surface area contributed by atoms with Crippen LogP contribution in [0.5, 0.6) is 0 Å². The van der Waals surface area contributed by atoms with Gasteiger partial charge in [-0.15, -0.1) is 0 Å². The molecule has 3 rings (SSSR count). The summed E-state index contributed by atoms with van der Waals surface area (Å²) in [6, 6.07) is 18.1. The normalized spacial score (nSPS) is 15.5. The summed E-state index contributed by atoms with van der Waals surface area (Å²) >= 11 is 0. The van der Waals surface area contributed by atoms with Gasteiger partial charge in [-0.2, -0.15) is 0 Å². The number of carbonyl (C=O) groups is 1. The molecule has 1 amide bonds. The molecule has 0 unspecified atom stereocenters. The molecule has 0 atom stereocenters. The van der Waals surface area contributed by atoms with Crippen molar-refractivity contribution in [3.63, 3.8) is 0 Å². The summed E-state index contributed by atoms with van der Waals surface area (Å²) in [6.45, 7) is 3.51. The Balaban J connectivity index is 1.76. The standard InChI is InChI=1S/C18H20N2O/c21-18(20-13-4-11-19-12-14-20)17-9-7-16(8-10-17)15-5-2-1-3-6-15/h1-3,5-10,19H,4,11-14H2. The van der Waals surface area contributed by atoms with Gasteiger partial charge in [0.1, 0.15) is 0 Å². The molecule has 1 aliphatic rings. The average molecular weight is 280 g/mol. The van der Waals surface area contributed by atoms with E-state index in [9.17, 15) is 4.79 Å². The predicted octanol–water partition coefficient (Wildman–Crippen LogP) is 2.79. The van der Waals surface area contributed by atoms with E-state index < -0.39 is 0 Å². The number of amides is 1. The highest BCUT2D eigenvalue weighted by Crippen LogP contribution is 2.19. The van der Waals surface area contributed by atoms with Crippen molar-refractivity contribution in [2.45, 2.75) is 6.42 Å². The maximum Gasteiger partial charge on any atom is 0.253 e. The maximum absolute atomic E-state index is 12.5. The fraction of sp³-hybridized carbons (Fsp3) is 0.278. The minimum atomic E-state index is 0.137. The van der Waals surface area contributed by atoms with E-state index in [1.165, 1.54) is 5.56 Å². The minimum absolute atomic E-state index is 0.137. The van der Waals surface area contributed by atoms with Gasteiger partial charge in [-0.05, 0) is 36.2 Å². The van der Waals surface area contributed by atoms with E-state index >= 15 is 0 Å². The summed E-state index contributed by atoms with van der Waals surface area (Å²) in [5.74, 6) is 0.137. The van der Waals surface area contributed by atoms with Crippen LogP contribution < -0.4 is 5.32 Å². The van der Waals surface area contributed by atoms with Gasteiger partial charge in [0, 0.05) is 25.2 Å². The third kappa shape index (κ3) is 3.31. The molecule has 3 heteroatoms. The molecule has 1 N–H and O–H groups in total. The summed E-state index contributed by atoms with van der Waals surface area (Å²) in [4.78, 5) is 14.4. The number of nitrogens with one attached hydrogen (secondary N) is 1. The Morgan fingerprint density at radius 1 is 0.857 bits per heavy atom. The van der Waals surface area contributed by atoms with Crippen LogP contribution in [-0.2, 0) is 0 Å². The van der Waals surface area contributed by atoms with Gasteiger partial charge in [0.2, 0.25) is 0 Å². The van der Waals surface area contributed by atoms with E-state index in [1.807, 2.05) is 47.4 Å². The molecule has 0 radical (unpaired) electrons. The largest absolute Gasteiger partial charge is 0.337 e. The molecule has 108 valence electrons. The Hall–Kier alpha value is -2.13. The van der Waals surface area contributed by atoms with Gasteiger partial charge >= 0.3 is 0 Å². The first-order valence-electron chi connectivity index (χ1n) is 7.50. The summed E-state index contributed by atoms with van der Waals surface area (Å²) in [5.41, 5.74) is 3.09. The summed E-state index contributed by atoms with van der Waals surface area (Å²) in [7, 11) is 0. The lowest BCUT2D eigenvalue weighted by Crippen LogP contribution is -2.34. The lowest BCUT2D eigenvalue weighted by Gasteiger charge is -2.20. The molecule has 0 spiro atoms. The van der Waals surface area contributed by atoms with Gasteiger partial charge in [-0.25, -0.2) is 0 Å². The number of hydrogen-bond donors (Lipinski definition) is 1. The highest BCUT2D eigenvalue weighted by Gasteiger charge is 2.16. The highest BCUT2D eigenvalue weighted by molar-refractivity contribution is 5.94. The second-order valence-corrected chi connectivity index (χ2v) is 5.34. The zero-order valence-electron chi connectivity index (χ0n) is 12.1. The van der Waals surface area contributed by atoms with Crippen molar-refractivity contribution in [3.05, 3.63) is 60.2 Å². The van der Waals surface area contributed by atoms with Crippen LogP contribution in [0.25, 0.3) is 11.1 Å². The molecular formula is C18H20N2O. The van der Waals surface area contributed by atoms with Crippen molar-refractivity contribution < 1.29 is 4.79 Å². The van der Waals surface area contributed by atoms with Gasteiger partial charge < -0.3 is 10.2 Å². The van der Waals surface area contributed by atoms with Crippen molar-refractivity contribution in [3.8, 4) is 11.1 Å². The molecule has 21 heavy (non-hydrogen) atoms. The van der Waals surface area contributed by atoms with Crippen LogP contribution in [0.3, 0.4) is 0 Å². The third-order valence-corrected chi connectivity index (χ3v) is 3.87. The lowest BCUT2D eigenvalue weighted by atomic mass is 10.0. The molecule has 3 nitrogen and oxygen atoms in total. The van der Waals surface area contributed by atoms with Crippen LogP contribution in [0.1, 0.15) is 16.8 Å². The fourth-order valence-electron chi connectivity index (χ4n) is 2.67. The summed E-state index contributed by atoms with van der Waals surface area (Å²) in [5, 5.41) is 3.32. The maximum atomic E-state index is 12.5. The Kier molecular flexibility index (Phi) is 4.31. The first-order valence-corrected chi connectivity index (χ1v) is 7.50. The Morgan fingerprint density at radius 3 is 2.33 bits per heavy atom. The second-order valence-electron chi connectivity index (χ2n) is 5.34. The van der Waals surface area contributed by atoms with E-state index in [2.05, 4.69) is 17.4 Å².